The van der Waals surface area contributed by atoms with Crippen LogP contribution in [0.15, 0.2) is 151 Å². The summed E-state index contributed by atoms with van der Waals surface area (Å²) in [6, 6.07) is 42.1. The number of nitrogens with one attached hydrogen (secondary N) is 1. The number of aryl methyl sites for hydroxylation is 1. The minimum Gasteiger partial charge on any atom is -0.341 e. The van der Waals surface area contributed by atoms with E-state index >= 15 is 0 Å². The number of carbonyl (C=O) groups is 3. The molecule has 1 atom stereocenters. The van der Waals surface area contributed by atoms with Crippen molar-refractivity contribution < 1.29 is 36.0 Å². The van der Waals surface area contributed by atoms with Crippen LogP contribution in [0.3, 0.4) is 0 Å². The zero-order chi connectivity index (χ0) is 47.1. The number of alkyl halides is 3. The maximum absolute atomic E-state index is 14.9. The smallest absolute Gasteiger partial charge is 0.341 e. The summed E-state index contributed by atoms with van der Waals surface area (Å²) in [6.45, 7) is 4.71. The second kappa shape index (κ2) is 20.4. The van der Waals surface area contributed by atoms with Crippen molar-refractivity contribution in [2.75, 3.05) is 18.0 Å². The third-order valence-electron chi connectivity index (χ3n) is 12.5. The van der Waals surface area contributed by atoms with Crippen molar-refractivity contribution in [1.29, 1.82) is 0 Å². The summed E-state index contributed by atoms with van der Waals surface area (Å²) in [4.78, 5) is 48.3. The molecule has 6 aromatic rings. The van der Waals surface area contributed by atoms with Gasteiger partial charge in [0.25, 0.3) is 0 Å². The molecule has 1 saturated heterocycles. The van der Waals surface area contributed by atoms with Crippen LogP contribution in [0.1, 0.15) is 80.5 Å². The Bertz CT molecular complexity index is 2610. The SMILES string of the molecule is CCC(=O)N(C(=O)CC)c1c(-c2ccccc2)cccc1S(=O)(=O)N[C@@H](CCCc1ncn(C(c2ccccc2)(c2ccccc2)c2ccccc2)c1C)C(=O)N1CCC(C(F)(F)F)CC1. The molecule has 5 aromatic carbocycles. The number of anilines is 1. The summed E-state index contributed by atoms with van der Waals surface area (Å²) >= 11 is 0. The molecule has 1 aliphatic heterocycles. The lowest BCUT2D eigenvalue weighted by Crippen LogP contribution is -2.51. The first-order valence-corrected chi connectivity index (χ1v) is 23.8. The van der Waals surface area contributed by atoms with E-state index in [0.717, 1.165) is 27.3 Å². The van der Waals surface area contributed by atoms with Crippen LogP contribution in [-0.2, 0) is 36.4 Å². The molecule has 0 aliphatic carbocycles. The summed E-state index contributed by atoms with van der Waals surface area (Å²) in [5, 5.41) is 0. The number of para-hydroxylation sites is 1. The zero-order valence-electron chi connectivity index (χ0n) is 37.2. The van der Waals surface area contributed by atoms with Gasteiger partial charge >= 0.3 is 6.18 Å². The van der Waals surface area contributed by atoms with Crippen LogP contribution < -0.4 is 9.62 Å². The molecule has 3 amide bonds. The van der Waals surface area contributed by atoms with Crippen LogP contribution in [0.25, 0.3) is 11.1 Å². The molecule has 1 N–H and O–H groups in total. The van der Waals surface area contributed by atoms with Crippen LogP contribution in [0, 0.1) is 12.8 Å². The van der Waals surface area contributed by atoms with E-state index in [1.165, 1.54) is 17.0 Å². The standard InChI is InChI=1S/C52H54F3N5O5S/c1-4-47(61)60(48(62)5-2)49-43(38-20-10-6-11-21-38)28-18-31-46(49)66(64,65)57-45(50(63)58-34-32-42(33-35-58)52(53,54)55)30-19-29-44-37(3)59(36-56-44)51(39-22-12-7-13-23-39,40-24-14-8-15-25-40)41-26-16-9-17-27-41/h6-18,20-28,31,36,42,45,57H,4-5,19,29-30,32-35H2,1-3H3/t45-/m0/s1. The molecule has 14 heteroatoms. The van der Waals surface area contributed by atoms with Gasteiger partial charge in [-0.25, -0.2) is 18.3 Å². The van der Waals surface area contributed by atoms with Gasteiger partial charge < -0.3 is 9.47 Å². The molecular formula is C52H54F3N5O5S. The second-order valence-electron chi connectivity index (χ2n) is 16.5. The third kappa shape index (κ3) is 9.75. The molecule has 1 aromatic heterocycles. The molecule has 7 rings (SSSR count). The van der Waals surface area contributed by atoms with Crippen molar-refractivity contribution in [3.8, 4) is 11.1 Å². The van der Waals surface area contributed by atoms with Crippen molar-refractivity contribution in [3.05, 3.63) is 174 Å². The average molecular weight is 918 g/mol. The van der Waals surface area contributed by atoms with Gasteiger partial charge in [-0.2, -0.15) is 17.9 Å². The van der Waals surface area contributed by atoms with Gasteiger partial charge in [0.1, 0.15) is 16.5 Å². The first-order valence-electron chi connectivity index (χ1n) is 22.3. The highest BCUT2D eigenvalue weighted by atomic mass is 32.2. The lowest BCUT2D eigenvalue weighted by molar-refractivity contribution is -0.186. The first kappa shape index (κ1) is 47.6. The van der Waals surface area contributed by atoms with E-state index in [1.54, 1.807) is 56.6 Å². The number of benzene rings is 5. The van der Waals surface area contributed by atoms with Crippen LogP contribution in [0.2, 0.25) is 0 Å². The van der Waals surface area contributed by atoms with Crippen molar-refractivity contribution in [2.45, 2.75) is 88.4 Å². The molecule has 10 nitrogen and oxygen atoms in total. The number of sulfonamides is 1. The van der Waals surface area contributed by atoms with Gasteiger partial charge in [-0.3, -0.25) is 14.4 Å². The number of hydrogen-bond acceptors (Lipinski definition) is 6. The van der Waals surface area contributed by atoms with E-state index in [4.69, 9.17) is 4.98 Å². The summed E-state index contributed by atoms with van der Waals surface area (Å²) in [7, 11) is -4.72. The van der Waals surface area contributed by atoms with Gasteiger partial charge in [-0.1, -0.05) is 147 Å². The van der Waals surface area contributed by atoms with E-state index in [2.05, 4.69) is 45.7 Å². The lowest BCUT2D eigenvalue weighted by atomic mass is 9.76. The number of nitrogens with zero attached hydrogens (tertiary/aromatic N) is 4. The Morgan fingerprint density at radius 1 is 0.742 bits per heavy atom. The maximum Gasteiger partial charge on any atom is 0.391 e. The number of imidazole rings is 1. The molecule has 1 aliphatic rings. The lowest BCUT2D eigenvalue weighted by Gasteiger charge is -2.38. The highest BCUT2D eigenvalue weighted by Gasteiger charge is 2.44. The predicted molar refractivity (Wildman–Crippen MR) is 249 cm³/mol. The number of rotatable bonds is 16. The molecular weight excluding hydrogens is 864 g/mol. The largest absolute Gasteiger partial charge is 0.391 e. The molecule has 0 saturated carbocycles. The van der Waals surface area contributed by atoms with Crippen LogP contribution >= 0.6 is 0 Å². The zero-order valence-corrected chi connectivity index (χ0v) is 38.1. The van der Waals surface area contributed by atoms with Gasteiger partial charge in [0.2, 0.25) is 27.7 Å². The summed E-state index contributed by atoms with van der Waals surface area (Å²) in [5.41, 5.74) is 4.43. The van der Waals surface area contributed by atoms with Crippen LogP contribution in [0.5, 0.6) is 0 Å². The van der Waals surface area contributed by atoms with Crippen LogP contribution in [0.4, 0.5) is 18.9 Å². The molecule has 1 fully saturated rings. The second-order valence-corrected chi connectivity index (χ2v) is 18.2. The topological polar surface area (TPSA) is 122 Å². The molecule has 0 spiro atoms. The van der Waals surface area contributed by atoms with E-state index in [1.807, 2.05) is 61.5 Å². The first-order chi connectivity index (χ1) is 31.7. The van der Waals surface area contributed by atoms with Gasteiger partial charge in [-0.05, 0) is 67.3 Å². The van der Waals surface area contributed by atoms with Gasteiger partial charge in [0.15, 0.2) is 0 Å². The predicted octanol–water partition coefficient (Wildman–Crippen LogP) is 9.85. The molecule has 66 heavy (non-hydrogen) atoms. The Balaban J connectivity index is 1.26. The number of imide groups is 1. The number of aromatic nitrogens is 2. The fraction of sp³-hybridized carbons (Fsp3) is 0.308. The van der Waals surface area contributed by atoms with Gasteiger partial charge in [-0.15, -0.1) is 0 Å². The normalized spacial score (nSPS) is 14.2. The molecule has 2 heterocycles. The minimum absolute atomic E-state index is 0.0377. The van der Waals surface area contributed by atoms with E-state index in [9.17, 15) is 36.0 Å². The van der Waals surface area contributed by atoms with E-state index < -0.39 is 56.3 Å². The number of likely N-dealkylation sites (tertiary alicyclic amines) is 1. The number of carbonyl (C=O) groups excluding carboxylic acids is 3. The molecule has 344 valence electrons. The average Bonchev–Trinajstić information content (AvgIpc) is 3.71. The summed E-state index contributed by atoms with van der Waals surface area (Å²) in [5.74, 6) is -3.48. The van der Waals surface area contributed by atoms with Gasteiger partial charge in [0, 0.05) is 37.2 Å². The molecule has 0 bridgehead atoms. The number of hydrogen-bond donors (Lipinski definition) is 1. The number of amides is 3. The molecule has 0 radical (unpaired) electrons. The summed E-state index contributed by atoms with van der Waals surface area (Å²) in [6.07, 6.45) is -2.90. The molecule has 0 unspecified atom stereocenters. The Morgan fingerprint density at radius 2 is 1.24 bits per heavy atom. The summed E-state index contributed by atoms with van der Waals surface area (Å²) < 4.78 is 75.7. The monoisotopic (exact) mass is 917 g/mol. The minimum atomic E-state index is -4.72. The van der Waals surface area contributed by atoms with Crippen LogP contribution in [-0.4, -0.2) is 65.9 Å². The number of piperidine rings is 1. The van der Waals surface area contributed by atoms with E-state index in [-0.39, 0.29) is 57.3 Å². The third-order valence-corrected chi connectivity index (χ3v) is 14.0. The Labute approximate surface area is 384 Å². The Morgan fingerprint density at radius 3 is 1.73 bits per heavy atom. The maximum atomic E-state index is 14.9. The fourth-order valence-electron chi connectivity index (χ4n) is 9.12. The van der Waals surface area contributed by atoms with Crippen molar-refractivity contribution in [2.24, 2.45) is 5.92 Å². The Kier molecular flexibility index (Phi) is 14.7. The Hall–Kier alpha value is -6.38. The fourth-order valence-corrected chi connectivity index (χ4v) is 10.5. The van der Waals surface area contributed by atoms with E-state index in [0.29, 0.717) is 23.2 Å². The van der Waals surface area contributed by atoms with Crippen molar-refractivity contribution in [1.82, 2.24) is 19.2 Å². The van der Waals surface area contributed by atoms with Crippen molar-refractivity contribution in [3.63, 3.8) is 0 Å². The van der Waals surface area contributed by atoms with Gasteiger partial charge in [0.05, 0.1) is 23.6 Å². The quantitative estimate of drug-likeness (QED) is 0.0966. The number of halogens is 3. The highest BCUT2D eigenvalue weighted by molar-refractivity contribution is 7.89. The van der Waals surface area contributed by atoms with Crippen molar-refractivity contribution >= 4 is 33.4 Å². The highest BCUT2D eigenvalue weighted by Crippen LogP contribution is 2.43.